The van der Waals surface area contributed by atoms with Crippen LogP contribution in [0.5, 0.6) is 5.75 Å². The van der Waals surface area contributed by atoms with Gasteiger partial charge in [0.15, 0.2) is 0 Å². The molecule has 0 spiro atoms. The van der Waals surface area contributed by atoms with Crippen LogP contribution >= 0.6 is 0 Å². The van der Waals surface area contributed by atoms with E-state index in [1.807, 2.05) is 0 Å². The average Bonchev–Trinajstić information content (AvgIpc) is 2.17. The third-order valence-corrected chi connectivity index (χ3v) is 1.49. The molecule has 1 aromatic rings. The molecule has 0 bridgehead atoms. The largest absolute Gasteiger partial charge is 0.507 e. The van der Waals surface area contributed by atoms with Gasteiger partial charge in [0.25, 0.3) is 5.91 Å². The van der Waals surface area contributed by atoms with Crippen molar-refractivity contribution in [2.45, 2.75) is 0 Å². The molecule has 0 unspecified atom stereocenters. The molecule has 0 aromatic heterocycles. The van der Waals surface area contributed by atoms with Gasteiger partial charge >= 0.3 is 0 Å². The lowest BCUT2D eigenvalue weighted by Crippen LogP contribution is -2.18. The van der Waals surface area contributed by atoms with Gasteiger partial charge in [0.1, 0.15) is 5.75 Å². The predicted octanol–water partition coefficient (Wildman–Crippen LogP) is 1.45. The number of phenolic OH excluding ortho intramolecular Hbond substituents is 1. The molecule has 7 nitrogen and oxygen atoms in total. The topological polar surface area (TPSA) is 118 Å². The summed E-state index contributed by atoms with van der Waals surface area (Å²) < 4.78 is 0. The zero-order chi connectivity index (χ0) is 10.6. The van der Waals surface area contributed by atoms with Crippen LogP contribution in [-0.4, -0.2) is 16.2 Å². The SMILES string of the molecule is [N-]=[N+]=Nc1ccc(C(=O)NO)c(O)c1. The summed E-state index contributed by atoms with van der Waals surface area (Å²) in [6.45, 7) is 0. The van der Waals surface area contributed by atoms with Crippen molar-refractivity contribution in [1.29, 1.82) is 0 Å². The molecule has 7 heteroatoms. The average molecular weight is 194 g/mol. The Hall–Kier alpha value is -2.24. The number of rotatable bonds is 2. The Balaban J connectivity index is 3.13. The van der Waals surface area contributed by atoms with E-state index in [1.54, 1.807) is 0 Å². The first-order chi connectivity index (χ1) is 6.69. The van der Waals surface area contributed by atoms with Crippen LogP contribution in [-0.2, 0) is 0 Å². The Kier molecular flexibility index (Phi) is 2.90. The predicted molar refractivity (Wildman–Crippen MR) is 46.2 cm³/mol. The first-order valence-corrected chi connectivity index (χ1v) is 3.51. The van der Waals surface area contributed by atoms with E-state index in [-0.39, 0.29) is 17.0 Å². The molecule has 0 heterocycles. The van der Waals surface area contributed by atoms with Gasteiger partial charge in [-0.1, -0.05) is 11.2 Å². The van der Waals surface area contributed by atoms with Crippen molar-refractivity contribution in [1.82, 2.24) is 5.48 Å². The lowest BCUT2D eigenvalue weighted by atomic mass is 10.2. The van der Waals surface area contributed by atoms with Gasteiger partial charge in [-0.25, -0.2) is 5.48 Å². The van der Waals surface area contributed by atoms with E-state index in [1.165, 1.54) is 17.6 Å². The molecule has 0 aliphatic carbocycles. The van der Waals surface area contributed by atoms with Crippen LogP contribution in [0.4, 0.5) is 5.69 Å². The number of azide groups is 1. The number of aromatic hydroxyl groups is 1. The Morgan fingerprint density at radius 1 is 1.57 bits per heavy atom. The number of hydroxylamine groups is 1. The zero-order valence-corrected chi connectivity index (χ0v) is 6.88. The fraction of sp³-hybridized carbons (Fsp3) is 0. The summed E-state index contributed by atoms with van der Waals surface area (Å²) in [7, 11) is 0. The zero-order valence-electron chi connectivity index (χ0n) is 6.88. The third-order valence-electron chi connectivity index (χ3n) is 1.49. The van der Waals surface area contributed by atoms with Crippen molar-refractivity contribution in [3.05, 3.63) is 34.2 Å². The monoisotopic (exact) mass is 194 g/mol. The Morgan fingerprint density at radius 2 is 2.29 bits per heavy atom. The van der Waals surface area contributed by atoms with Gasteiger partial charge in [0.05, 0.1) is 5.56 Å². The van der Waals surface area contributed by atoms with Gasteiger partial charge < -0.3 is 5.11 Å². The maximum atomic E-state index is 10.9. The van der Waals surface area contributed by atoms with Gasteiger partial charge in [0.2, 0.25) is 0 Å². The molecule has 0 radical (unpaired) electrons. The quantitative estimate of drug-likeness (QED) is 0.217. The van der Waals surface area contributed by atoms with Crippen LogP contribution < -0.4 is 5.48 Å². The number of nitrogens with one attached hydrogen (secondary N) is 1. The number of phenols is 1. The highest BCUT2D eigenvalue weighted by atomic mass is 16.5. The van der Waals surface area contributed by atoms with Crippen molar-refractivity contribution in [3.8, 4) is 5.75 Å². The summed E-state index contributed by atoms with van der Waals surface area (Å²) >= 11 is 0. The molecule has 0 aliphatic heterocycles. The lowest BCUT2D eigenvalue weighted by molar-refractivity contribution is 0.0703. The minimum atomic E-state index is -0.838. The number of hydrogen-bond acceptors (Lipinski definition) is 4. The molecule has 0 fully saturated rings. The Labute approximate surface area is 78.2 Å². The van der Waals surface area contributed by atoms with Crippen LogP contribution in [0.2, 0.25) is 0 Å². The van der Waals surface area contributed by atoms with Crippen LogP contribution in [0.1, 0.15) is 10.4 Å². The molecule has 0 aliphatic rings. The molecule has 0 saturated heterocycles. The number of carbonyl (C=O) groups excluding carboxylic acids is 1. The van der Waals surface area contributed by atoms with Crippen LogP contribution in [0.25, 0.3) is 10.4 Å². The third kappa shape index (κ3) is 1.92. The smallest absolute Gasteiger partial charge is 0.278 e. The second kappa shape index (κ2) is 4.13. The van der Waals surface area contributed by atoms with E-state index in [9.17, 15) is 9.90 Å². The minimum absolute atomic E-state index is 0.107. The minimum Gasteiger partial charge on any atom is -0.507 e. The highest BCUT2D eigenvalue weighted by Gasteiger charge is 2.09. The van der Waals surface area contributed by atoms with Crippen molar-refractivity contribution in [3.63, 3.8) is 0 Å². The summed E-state index contributed by atoms with van der Waals surface area (Å²) in [6.07, 6.45) is 0. The van der Waals surface area contributed by atoms with Crippen molar-refractivity contribution in [2.24, 2.45) is 5.11 Å². The molecule has 3 N–H and O–H groups in total. The molecule has 0 saturated carbocycles. The molecule has 1 amide bonds. The molecule has 1 aromatic carbocycles. The number of hydrogen-bond donors (Lipinski definition) is 3. The number of benzene rings is 1. The fourth-order valence-electron chi connectivity index (χ4n) is 0.886. The Bertz CT molecular complexity index is 411. The van der Waals surface area contributed by atoms with Crippen molar-refractivity contribution in [2.75, 3.05) is 0 Å². The van der Waals surface area contributed by atoms with Crippen LogP contribution in [0.3, 0.4) is 0 Å². The maximum Gasteiger partial charge on any atom is 0.278 e. The van der Waals surface area contributed by atoms with Crippen molar-refractivity contribution >= 4 is 11.6 Å². The van der Waals surface area contributed by atoms with Gasteiger partial charge in [-0.15, -0.1) is 0 Å². The van der Waals surface area contributed by atoms with Gasteiger partial charge in [0, 0.05) is 10.6 Å². The van der Waals surface area contributed by atoms with Crippen molar-refractivity contribution < 1.29 is 15.1 Å². The first-order valence-electron chi connectivity index (χ1n) is 3.51. The summed E-state index contributed by atoms with van der Waals surface area (Å²) in [6, 6.07) is 3.68. The molecular formula is C7H6N4O3. The summed E-state index contributed by atoms with van der Waals surface area (Å²) in [4.78, 5) is 13.4. The van der Waals surface area contributed by atoms with E-state index in [4.69, 9.17) is 10.7 Å². The normalized spacial score (nSPS) is 8.93. The maximum absolute atomic E-state index is 10.9. The highest BCUT2D eigenvalue weighted by Crippen LogP contribution is 2.23. The van der Waals surface area contributed by atoms with Gasteiger partial charge in [-0.3, -0.25) is 10.0 Å². The van der Waals surface area contributed by atoms with E-state index in [2.05, 4.69) is 10.0 Å². The second-order valence-corrected chi connectivity index (χ2v) is 2.33. The van der Waals surface area contributed by atoms with E-state index >= 15 is 0 Å². The molecule has 0 atom stereocenters. The summed E-state index contributed by atoms with van der Waals surface area (Å²) in [5.74, 6) is -1.21. The van der Waals surface area contributed by atoms with E-state index in [0.717, 1.165) is 6.07 Å². The summed E-state index contributed by atoms with van der Waals surface area (Å²) in [5, 5.41) is 20.8. The molecule has 14 heavy (non-hydrogen) atoms. The lowest BCUT2D eigenvalue weighted by Gasteiger charge is -2.02. The number of carbonyl (C=O) groups is 1. The molecule has 1 rings (SSSR count). The Morgan fingerprint density at radius 3 is 2.79 bits per heavy atom. The number of nitrogens with zero attached hydrogens (tertiary/aromatic N) is 3. The second-order valence-electron chi connectivity index (χ2n) is 2.33. The van der Waals surface area contributed by atoms with Crippen LogP contribution in [0.15, 0.2) is 23.3 Å². The highest BCUT2D eigenvalue weighted by molar-refractivity contribution is 5.96. The van der Waals surface area contributed by atoms with Crippen LogP contribution in [0, 0.1) is 0 Å². The summed E-state index contributed by atoms with van der Waals surface area (Å²) in [5.41, 5.74) is 9.54. The van der Waals surface area contributed by atoms with E-state index < -0.39 is 5.91 Å². The first kappa shape index (κ1) is 9.85. The van der Waals surface area contributed by atoms with Gasteiger partial charge in [-0.05, 0) is 17.7 Å². The molecule has 72 valence electrons. The standard InChI is InChI=1S/C7H6N4O3/c8-11-9-4-1-2-5(6(12)3-4)7(13)10-14/h1-3,12,14H,(H,10,13). The fourth-order valence-corrected chi connectivity index (χ4v) is 0.886. The van der Waals surface area contributed by atoms with E-state index in [0.29, 0.717) is 0 Å². The molecular weight excluding hydrogens is 188 g/mol. The number of amides is 1. The van der Waals surface area contributed by atoms with Gasteiger partial charge in [-0.2, -0.15) is 0 Å².